The molecule has 0 saturated heterocycles. The number of ether oxygens (including phenoxy) is 3. The summed E-state index contributed by atoms with van der Waals surface area (Å²) < 4.78 is 29.2. The van der Waals surface area contributed by atoms with E-state index in [9.17, 15) is 14.0 Å². The zero-order chi connectivity index (χ0) is 18.0. The first-order valence-corrected chi connectivity index (χ1v) is 8.10. The van der Waals surface area contributed by atoms with Crippen molar-refractivity contribution < 1.29 is 28.2 Å². The van der Waals surface area contributed by atoms with Gasteiger partial charge in [0, 0.05) is 16.2 Å². The molecule has 2 aromatic carbocycles. The molecule has 1 aliphatic rings. The van der Waals surface area contributed by atoms with Crippen molar-refractivity contribution in [2.75, 3.05) is 12.1 Å². The third-order valence-electron chi connectivity index (χ3n) is 3.44. The molecule has 1 heterocycles. The fraction of sp³-hybridized carbons (Fsp3) is 0.176. The Hall–Kier alpha value is -2.61. The summed E-state index contributed by atoms with van der Waals surface area (Å²) in [5.74, 6) is -0.799. The molecule has 0 bridgehead atoms. The molecule has 1 atom stereocenters. The lowest BCUT2D eigenvalue weighted by Gasteiger charge is -2.14. The van der Waals surface area contributed by atoms with E-state index in [1.807, 2.05) is 0 Å². The van der Waals surface area contributed by atoms with Crippen LogP contribution in [0.2, 0.25) is 0 Å². The van der Waals surface area contributed by atoms with E-state index in [0.29, 0.717) is 21.7 Å². The standard InChI is InChI=1S/C17H13BrFNO5/c1-9(25-17(22)12-6-10(19)2-4-13(12)18)16(21)20-11-3-5-14-15(7-11)24-8-23-14/h2-7,9H,8H2,1H3,(H,20,21)/t9-/m1/s1. The molecule has 0 aromatic heterocycles. The lowest BCUT2D eigenvalue weighted by Crippen LogP contribution is -2.30. The van der Waals surface area contributed by atoms with Crippen LogP contribution in [0.3, 0.4) is 0 Å². The molecule has 0 spiro atoms. The predicted octanol–water partition coefficient (Wildman–Crippen LogP) is 3.50. The topological polar surface area (TPSA) is 73.9 Å². The summed E-state index contributed by atoms with van der Waals surface area (Å²) in [6.07, 6.45) is -1.08. The first kappa shape index (κ1) is 17.2. The van der Waals surface area contributed by atoms with Crippen molar-refractivity contribution in [1.82, 2.24) is 0 Å². The van der Waals surface area contributed by atoms with Crippen molar-refractivity contribution in [1.29, 1.82) is 0 Å². The highest BCUT2D eigenvalue weighted by Crippen LogP contribution is 2.34. The molecular formula is C17H13BrFNO5. The van der Waals surface area contributed by atoms with Crippen molar-refractivity contribution in [3.8, 4) is 11.5 Å². The Labute approximate surface area is 151 Å². The number of anilines is 1. The summed E-state index contributed by atoms with van der Waals surface area (Å²) in [7, 11) is 0. The van der Waals surface area contributed by atoms with Gasteiger partial charge in [0.15, 0.2) is 17.6 Å². The first-order valence-electron chi connectivity index (χ1n) is 7.30. The Morgan fingerprint density at radius 2 is 1.96 bits per heavy atom. The van der Waals surface area contributed by atoms with Crippen LogP contribution in [0.15, 0.2) is 40.9 Å². The maximum atomic E-state index is 13.3. The lowest BCUT2D eigenvalue weighted by molar-refractivity contribution is -0.123. The van der Waals surface area contributed by atoms with Crippen molar-refractivity contribution in [3.63, 3.8) is 0 Å². The third-order valence-corrected chi connectivity index (χ3v) is 4.13. The molecule has 0 aliphatic carbocycles. The summed E-state index contributed by atoms with van der Waals surface area (Å²) in [4.78, 5) is 24.3. The van der Waals surface area contributed by atoms with Crippen LogP contribution in [0.25, 0.3) is 0 Å². The molecule has 1 N–H and O–H groups in total. The van der Waals surface area contributed by atoms with E-state index in [1.165, 1.54) is 19.1 Å². The number of fused-ring (bicyclic) bond motifs is 1. The number of halogens is 2. The minimum absolute atomic E-state index is 0.00253. The van der Waals surface area contributed by atoms with Crippen LogP contribution in [-0.4, -0.2) is 24.8 Å². The van der Waals surface area contributed by atoms with Gasteiger partial charge in [-0.15, -0.1) is 0 Å². The Morgan fingerprint density at radius 3 is 2.76 bits per heavy atom. The maximum absolute atomic E-state index is 13.3. The largest absolute Gasteiger partial charge is 0.454 e. The summed E-state index contributed by atoms with van der Waals surface area (Å²) in [6.45, 7) is 1.55. The van der Waals surface area contributed by atoms with Gasteiger partial charge in [0.1, 0.15) is 5.82 Å². The smallest absolute Gasteiger partial charge is 0.340 e. The number of nitrogens with one attached hydrogen (secondary N) is 1. The molecule has 8 heteroatoms. The number of hydrogen-bond donors (Lipinski definition) is 1. The second-order valence-electron chi connectivity index (χ2n) is 5.23. The Balaban J connectivity index is 1.64. The number of rotatable bonds is 4. The Bertz CT molecular complexity index is 842. The molecular weight excluding hydrogens is 397 g/mol. The molecule has 3 rings (SSSR count). The van der Waals surface area contributed by atoms with E-state index in [0.717, 1.165) is 6.07 Å². The molecule has 2 aromatic rings. The highest BCUT2D eigenvalue weighted by molar-refractivity contribution is 9.10. The molecule has 0 unspecified atom stereocenters. The zero-order valence-corrected chi connectivity index (χ0v) is 14.6. The molecule has 6 nitrogen and oxygen atoms in total. The molecule has 0 radical (unpaired) electrons. The average molecular weight is 410 g/mol. The van der Waals surface area contributed by atoms with Crippen LogP contribution in [0.4, 0.5) is 10.1 Å². The Morgan fingerprint density at radius 1 is 1.20 bits per heavy atom. The fourth-order valence-electron chi connectivity index (χ4n) is 2.15. The van der Waals surface area contributed by atoms with Gasteiger partial charge in [-0.3, -0.25) is 4.79 Å². The molecule has 130 valence electrons. The lowest BCUT2D eigenvalue weighted by atomic mass is 10.2. The maximum Gasteiger partial charge on any atom is 0.340 e. The normalized spacial score (nSPS) is 13.2. The second kappa shape index (κ2) is 7.10. The third kappa shape index (κ3) is 3.90. The number of carbonyl (C=O) groups excluding carboxylic acids is 2. The highest BCUT2D eigenvalue weighted by Gasteiger charge is 2.22. The summed E-state index contributed by atoms with van der Waals surface area (Å²) in [5.41, 5.74) is 0.479. The first-order chi connectivity index (χ1) is 11.9. The van der Waals surface area contributed by atoms with Gasteiger partial charge >= 0.3 is 5.97 Å². The van der Waals surface area contributed by atoms with Crippen LogP contribution in [0.1, 0.15) is 17.3 Å². The predicted molar refractivity (Wildman–Crippen MR) is 90.2 cm³/mol. The van der Waals surface area contributed by atoms with Crippen LogP contribution in [0, 0.1) is 5.82 Å². The van der Waals surface area contributed by atoms with Gasteiger partial charge in [-0.2, -0.15) is 0 Å². The minimum Gasteiger partial charge on any atom is -0.454 e. The monoisotopic (exact) mass is 409 g/mol. The Kier molecular flexibility index (Phi) is 4.89. The number of carbonyl (C=O) groups is 2. The zero-order valence-electron chi connectivity index (χ0n) is 13.0. The van der Waals surface area contributed by atoms with E-state index in [2.05, 4.69) is 21.2 Å². The molecule has 1 aliphatic heterocycles. The number of hydrogen-bond acceptors (Lipinski definition) is 5. The quantitative estimate of drug-likeness (QED) is 0.782. The van der Waals surface area contributed by atoms with E-state index in [4.69, 9.17) is 14.2 Å². The highest BCUT2D eigenvalue weighted by atomic mass is 79.9. The summed E-state index contributed by atoms with van der Waals surface area (Å²) in [6, 6.07) is 8.55. The van der Waals surface area contributed by atoms with Gasteiger partial charge < -0.3 is 19.5 Å². The van der Waals surface area contributed by atoms with Gasteiger partial charge in [-0.1, -0.05) is 0 Å². The van der Waals surface area contributed by atoms with Crippen LogP contribution in [-0.2, 0) is 9.53 Å². The van der Waals surface area contributed by atoms with E-state index in [1.54, 1.807) is 18.2 Å². The van der Waals surface area contributed by atoms with Gasteiger partial charge in [0.25, 0.3) is 5.91 Å². The molecule has 25 heavy (non-hydrogen) atoms. The minimum atomic E-state index is -1.08. The van der Waals surface area contributed by atoms with Crippen molar-refractivity contribution in [2.24, 2.45) is 0 Å². The SMILES string of the molecule is C[C@@H](OC(=O)c1cc(F)ccc1Br)C(=O)Nc1ccc2c(c1)OCO2. The van der Waals surface area contributed by atoms with E-state index in [-0.39, 0.29) is 12.4 Å². The van der Waals surface area contributed by atoms with Gasteiger partial charge in [0.05, 0.1) is 5.56 Å². The summed E-state index contributed by atoms with van der Waals surface area (Å²) >= 11 is 3.15. The molecule has 1 amide bonds. The van der Waals surface area contributed by atoms with Gasteiger partial charge in [0.2, 0.25) is 6.79 Å². The van der Waals surface area contributed by atoms with E-state index < -0.39 is 23.8 Å². The summed E-state index contributed by atoms with van der Waals surface area (Å²) in [5, 5.41) is 2.62. The number of benzene rings is 2. The van der Waals surface area contributed by atoms with E-state index >= 15 is 0 Å². The number of amides is 1. The number of esters is 1. The molecule has 0 fully saturated rings. The van der Waals surface area contributed by atoms with Crippen molar-refractivity contribution in [3.05, 3.63) is 52.3 Å². The van der Waals surface area contributed by atoms with Crippen LogP contribution < -0.4 is 14.8 Å². The van der Waals surface area contributed by atoms with Gasteiger partial charge in [-0.05, 0) is 53.2 Å². The van der Waals surface area contributed by atoms with Crippen LogP contribution >= 0.6 is 15.9 Å². The van der Waals surface area contributed by atoms with Crippen molar-refractivity contribution >= 4 is 33.5 Å². The average Bonchev–Trinajstić information content (AvgIpc) is 3.04. The van der Waals surface area contributed by atoms with Crippen LogP contribution in [0.5, 0.6) is 11.5 Å². The van der Waals surface area contributed by atoms with Crippen molar-refractivity contribution in [2.45, 2.75) is 13.0 Å². The van der Waals surface area contributed by atoms with Gasteiger partial charge in [-0.25, -0.2) is 9.18 Å². The molecule has 0 saturated carbocycles. The second-order valence-corrected chi connectivity index (χ2v) is 6.08. The fourth-order valence-corrected chi connectivity index (χ4v) is 2.56.